The molecule has 4 nitrogen and oxygen atoms in total. The molecule has 0 aromatic heterocycles. The van der Waals surface area contributed by atoms with Crippen LogP contribution in [0.1, 0.15) is 41.0 Å². The topological polar surface area (TPSA) is 46.6 Å². The van der Waals surface area contributed by atoms with Gasteiger partial charge in [-0.25, -0.2) is 8.42 Å². The lowest BCUT2D eigenvalue weighted by Gasteiger charge is -2.24. The zero-order chi connectivity index (χ0) is 16.1. The zero-order valence-corrected chi connectivity index (χ0v) is 14.5. The lowest BCUT2D eigenvalue weighted by molar-refractivity contribution is 0.198. The summed E-state index contributed by atoms with van der Waals surface area (Å²) in [6.07, 6.45) is 0.610. The second kappa shape index (κ2) is 7.16. The largest absolute Gasteiger partial charge is 0.493 e. The first-order chi connectivity index (χ1) is 9.69. The number of anilines is 1. The molecule has 0 heterocycles. The van der Waals surface area contributed by atoms with Gasteiger partial charge in [0.2, 0.25) is 10.0 Å². The highest BCUT2D eigenvalue weighted by Gasteiger charge is 2.20. The van der Waals surface area contributed by atoms with Crippen molar-refractivity contribution in [2.24, 2.45) is 5.41 Å². The van der Waals surface area contributed by atoms with Crippen LogP contribution in [0.25, 0.3) is 0 Å². The minimum atomic E-state index is -3.26. The van der Waals surface area contributed by atoms with E-state index in [-0.39, 0.29) is 11.2 Å². The minimum absolute atomic E-state index is 0.0642. The third-order valence-electron chi connectivity index (χ3n) is 2.86. The average molecular weight is 313 g/mol. The molecule has 0 aliphatic carbocycles. The third-order valence-corrected chi connectivity index (χ3v) is 4.93. The number of benzene rings is 1. The number of hydrogen-bond donors (Lipinski definition) is 0. The van der Waals surface area contributed by atoms with E-state index in [0.717, 1.165) is 0 Å². The maximum absolute atomic E-state index is 12.3. The molecule has 0 atom stereocenters. The zero-order valence-electron chi connectivity index (χ0n) is 13.7. The number of nitrogens with zero attached hydrogens (tertiary/aromatic N) is 1. The minimum Gasteiger partial charge on any atom is -0.493 e. The van der Waals surface area contributed by atoms with Gasteiger partial charge in [0, 0.05) is 12.6 Å². The maximum Gasteiger partial charge on any atom is 0.235 e. The van der Waals surface area contributed by atoms with Crippen molar-refractivity contribution in [1.29, 1.82) is 0 Å². The van der Waals surface area contributed by atoms with Gasteiger partial charge in [0.25, 0.3) is 0 Å². The number of rotatable bonds is 7. The van der Waals surface area contributed by atoms with Crippen molar-refractivity contribution >= 4 is 15.7 Å². The van der Waals surface area contributed by atoms with Gasteiger partial charge in [-0.2, -0.15) is 0 Å². The smallest absolute Gasteiger partial charge is 0.235 e. The van der Waals surface area contributed by atoms with E-state index >= 15 is 0 Å². The fourth-order valence-corrected chi connectivity index (χ4v) is 3.50. The molecule has 0 N–H and O–H groups in total. The van der Waals surface area contributed by atoms with Crippen LogP contribution in [0.5, 0.6) is 5.75 Å². The van der Waals surface area contributed by atoms with Crippen LogP contribution in [-0.4, -0.2) is 27.3 Å². The van der Waals surface area contributed by atoms with E-state index < -0.39 is 10.0 Å². The Bertz CT molecular complexity index is 547. The van der Waals surface area contributed by atoms with Gasteiger partial charge in [0.05, 0.1) is 18.0 Å². The van der Waals surface area contributed by atoms with Crippen molar-refractivity contribution in [2.75, 3.05) is 23.2 Å². The number of ether oxygens (including phenoxy) is 1. The van der Waals surface area contributed by atoms with Gasteiger partial charge in [0.1, 0.15) is 5.75 Å². The molecule has 0 saturated heterocycles. The van der Waals surface area contributed by atoms with E-state index in [0.29, 0.717) is 31.0 Å². The van der Waals surface area contributed by atoms with E-state index in [4.69, 9.17) is 4.74 Å². The fraction of sp³-hybridized carbons (Fsp3) is 0.625. The first-order valence-electron chi connectivity index (χ1n) is 7.43. The van der Waals surface area contributed by atoms with Gasteiger partial charge in [-0.3, -0.25) is 4.31 Å². The first kappa shape index (κ1) is 17.8. The van der Waals surface area contributed by atoms with E-state index in [1.165, 1.54) is 4.31 Å². The summed E-state index contributed by atoms with van der Waals surface area (Å²) in [7, 11) is -3.26. The van der Waals surface area contributed by atoms with Gasteiger partial charge >= 0.3 is 0 Å². The predicted octanol–water partition coefficient (Wildman–Crippen LogP) is 3.68. The van der Waals surface area contributed by atoms with Crippen molar-refractivity contribution < 1.29 is 13.2 Å². The van der Waals surface area contributed by atoms with Gasteiger partial charge in [0.15, 0.2) is 0 Å². The molecular weight excluding hydrogens is 286 g/mol. The second-order valence-corrected chi connectivity index (χ2v) is 8.34. The van der Waals surface area contributed by atoms with Crippen LogP contribution in [0.15, 0.2) is 24.3 Å². The lowest BCUT2D eigenvalue weighted by atomic mass is 9.99. The first-order valence-corrected chi connectivity index (χ1v) is 9.04. The Morgan fingerprint density at radius 2 is 1.86 bits per heavy atom. The van der Waals surface area contributed by atoms with E-state index in [2.05, 4.69) is 20.8 Å². The van der Waals surface area contributed by atoms with Crippen molar-refractivity contribution in [1.82, 2.24) is 0 Å². The molecule has 5 heteroatoms. The SMILES string of the molecule is CCCS(=O)(=O)N(CC)c1cccc(OCC(C)(C)C)c1. The quantitative estimate of drug-likeness (QED) is 0.771. The Morgan fingerprint density at radius 3 is 2.38 bits per heavy atom. The highest BCUT2D eigenvalue weighted by molar-refractivity contribution is 7.92. The summed E-state index contributed by atoms with van der Waals surface area (Å²) in [6.45, 7) is 11.0. The third kappa shape index (κ3) is 5.58. The summed E-state index contributed by atoms with van der Waals surface area (Å²) >= 11 is 0. The standard InChI is InChI=1S/C16H27NO3S/c1-6-11-21(18,19)17(7-2)14-9-8-10-15(12-14)20-13-16(3,4)5/h8-10,12H,6-7,11,13H2,1-5H3. The molecule has 120 valence electrons. The highest BCUT2D eigenvalue weighted by atomic mass is 32.2. The van der Waals surface area contributed by atoms with Crippen LogP contribution < -0.4 is 9.04 Å². The summed E-state index contributed by atoms with van der Waals surface area (Å²) in [5, 5.41) is 0. The van der Waals surface area contributed by atoms with E-state index in [9.17, 15) is 8.42 Å². The van der Waals surface area contributed by atoms with Crippen LogP contribution in [0.2, 0.25) is 0 Å². The Hall–Kier alpha value is -1.23. The van der Waals surface area contributed by atoms with Crippen molar-refractivity contribution in [3.05, 3.63) is 24.3 Å². The Balaban J connectivity index is 2.97. The van der Waals surface area contributed by atoms with Gasteiger partial charge in [-0.05, 0) is 30.9 Å². The molecule has 1 aromatic carbocycles. The molecule has 0 aliphatic heterocycles. The highest BCUT2D eigenvalue weighted by Crippen LogP contribution is 2.25. The predicted molar refractivity (Wildman–Crippen MR) is 88.5 cm³/mol. The number of sulfonamides is 1. The van der Waals surface area contributed by atoms with Crippen LogP contribution >= 0.6 is 0 Å². The normalized spacial score (nSPS) is 12.2. The summed E-state index contributed by atoms with van der Waals surface area (Å²) in [5.41, 5.74) is 0.728. The van der Waals surface area contributed by atoms with Crippen LogP contribution in [0, 0.1) is 5.41 Å². The van der Waals surface area contributed by atoms with Crippen LogP contribution in [0.4, 0.5) is 5.69 Å². The fourth-order valence-electron chi connectivity index (χ4n) is 1.94. The molecule has 0 aliphatic rings. The number of hydrogen-bond acceptors (Lipinski definition) is 3. The molecule has 0 amide bonds. The molecule has 0 fully saturated rings. The Labute approximate surface area is 129 Å². The maximum atomic E-state index is 12.3. The van der Waals surface area contributed by atoms with Crippen LogP contribution in [0.3, 0.4) is 0 Å². The van der Waals surface area contributed by atoms with Crippen molar-refractivity contribution in [3.63, 3.8) is 0 Å². The average Bonchev–Trinajstić information content (AvgIpc) is 2.36. The van der Waals surface area contributed by atoms with Crippen LogP contribution in [-0.2, 0) is 10.0 Å². The lowest BCUT2D eigenvalue weighted by Crippen LogP contribution is -2.32. The van der Waals surface area contributed by atoms with E-state index in [1.54, 1.807) is 12.1 Å². The summed E-state index contributed by atoms with van der Waals surface area (Å²) in [4.78, 5) is 0. The molecule has 1 rings (SSSR count). The molecule has 0 saturated carbocycles. The van der Waals surface area contributed by atoms with Crippen molar-refractivity contribution in [3.8, 4) is 5.75 Å². The second-order valence-electron chi connectivity index (χ2n) is 6.33. The summed E-state index contributed by atoms with van der Waals surface area (Å²) in [5.74, 6) is 0.862. The molecule has 0 spiro atoms. The molecule has 1 aromatic rings. The van der Waals surface area contributed by atoms with Gasteiger partial charge in [-0.15, -0.1) is 0 Å². The molecule has 0 radical (unpaired) electrons. The Kier molecular flexibility index (Phi) is 6.08. The Morgan fingerprint density at radius 1 is 1.19 bits per heavy atom. The molecule has 0 bridgehead atoms. The summed E-state index contributed by atoms with van der Waals surface area (Å²) in [6, 6.07) is 7.29. The van der Waals surface area contributed by atoms with Gasteiger partial charge < -0.3 is 4.74 Å². The van der Waals surface area contributed by atoms with E-state index in [1.807, 2.05) is 26.0 Å². The summed E-state index contributed by atoms with van der Waals surface area (Å²) < 4.78 is 31.8. The molecule has 0 unspecified atom stereocenters. The van der Waals surface area contributed by atoms with Gasteiger partial charge in [-0.1, -0.05) is 33.8 Å². The molecular formula is C16H27NO3S. The molecule has 21 heavy (non-hydrogen) atoms. The monoisotopic (exact) mass is 313 g/mol. The van der Waals surface area contributed by atoms with Crippen molar-refractivity contribution in [2.45, 2.75) is 41.0 Å².